The number of nitrogens with zero attached hydrogens (tertiary/aromatic N) is 2. The van der Waals surface area contributed by atoms with Crippen LogP contribution in [0.1, 0.15) is 6.92 Å². The molecule has 0 radical (unpaired) electrons. The van der Waals surface area contributed by atoms with Crippen molar-refractivity contribution in [3.63, 3.8) is 0 Å². The smallest absolute Gasteiger partial charge is 0.151 e. The van der Waals surface area contributed by atoms with E-state index in [-0.39, 0.29) is 6.04 Å². The number of hydrogen-bond acceptors (Lipinski definition) is 6. The Bertz CT molecular complexity index is 408. The molecule has 19 heavy (non-hydrogen) atoms. The molecule has 0 bridgehead atoms. The Morgan fingerprint density at radius 2 is 2.21 bits per heavy atom. The van der Waals surface area contributed by atoms with E-state index in [9.17, 15) is 0 Å². The fraction of sp³-hybridized carbons (Fsp3) is 0.615. The number of nitrogens with two attached hydrogens (primary N) is 1. The second-order valence-corrected chi connectivity index (χ2v) is 4.71. The van der Waals surface area contributed by atoms with Gasteiger partial charge in [-0.1, -0.05) is 0 Å². The van der Waals surface area contributed by atoms with Gasteiger partial charge in [0.1, 0.15) is 5.82 Å². The summed E-state index contributed by atoms with van der Waals surface area (Å²) in [5, 5.41) is 3.27. The number of nitrogen functional groups attached to an aromatic ring is 1. The topological polar surface area (TPSA) is 72.6 Å². The SMILES string of the molecule is COCC(C)Nc1nc(N2CCOCC2)ccc1N. The molecule has 1 unspecified atom stereocenters. The third-order valence-corrected chi connectivity index (χ3v) is 3.05. The van der Waals surface area contributed by atoms with Gasteiger partial charge in [-0.2, -0.15) is 0 Å². The maximum atomic E-state index is 5.95. The van der Waals surface area contributed by atoms with Gasteiger partial charge in [0.2, 0.25) is 0 Å². The zero-order valence-electron chi connectivity index (χ0n) is 11.6. The Labute approximate surface area is 113 Å². The summed E-state index contributed by atoms with van der Waals surface area (Å²) in [6.07, 6.45) is 0. The van der Waals surface area contributed by atoms with Crippen LogP contribution >= 0.6 is 0 Å². The molecule has 0 aromatic carbocycles. The number of ether oxygens (including phenoxy) is 2. The minimum atomic E-state index is 0.166. The highest BCUT2D eigenvalue weighted by Gasteiger charge is 2.14. The monoisotopic (exact) mass is 266 g/mol. The van der Waals surface area contributed by atoms with Crippen molar-refractivity contribution in [2.24, 2.45) is 0 Å². The van der Waals surface area contributed by atoms with E-state index in [1.807, 2.05) is 19.1 Å². The number of morpholine rings is 1. The van der Waals surface area contributed by atoms with Crippen LogP contribution in [0.25, 0.3) is 0 Å². The van der Waals surface area contributed by atoms with E-state index in [0.29, 0.717) is 18.1 Å². The van der Waals surface area contributed by atoms with Crippen LogP contribution in [0.15, 0.2) is 12.1 Å². The summed E-state index contributed by atoms with van der Waals surface area (Å²) >= 11 is 0. The highest BCUT2D eigenvalue weighted by atomic mass is 16.5. The first kappa shape index (κ1) is 13.9. The van der Waals surface area contributed by atoms with Crippen LogP contribution in [-0.2, 0) is 9.47 Å². The van der Waals surface area contributed by atoms with E-state index in [0.717, 1.165) is 32.1 Å². The summed E-state index contributed by atoms with van der Waals surface area (Å²) in [5.74, 6) is 1.65. The molecule has 0 aliphatic carbocycles. The number of anilines is 3. The molecule has 0 saturated carbocycles. The number of rotatable bonds is 5. The maximum absolute atomic E-state index is 5.95. The Morgan fingerprint density at radius 3 is 2.89 bits per heavy atom. The first-order chi connectivity index (χ1) is 9.20. The van der Waals surface area contributed by atoms with Crippen LogP contribution in [0.3, 0.4) is 0 Å². The van der Waals surface area contributed by atoms with Gasteiger partial charge in [0.05, 0.1) is 25.5 Å². The minimum absolute atomic E-state index is 0.166. The van der Waals surface area contributed by atoms with Crippen LogP contribution in [0, 0.1) is 0 Å². The van der Waals surface area contributed by atoms with Crippen LogP contribution < -0.4 is 16.0 Å². The Morgan fingerprint density at radius 1 is 1.47 bits per heavy atom. The van der Waals surface area contributed by atoms with E-state index >= 15 is 0 Å². The first-order valence-electron chi connectivity index (χ1n) is 6.55. The van der Waals surface area contributed by atoms with Crippen LogP contribution in [0.5, 0.6) is 0 Å². The van der Waals surface area contributed by atoms with Crippen molar-refractivity contribution in [1.82, 2.24) is 4.98 Å². The molecular weight excluding hydrogens is 244 g/mol. The van der Waals surface area contributed by atoms with E-state index in [1.54, 1.807) is 7.11 Å². The maximum Gasteiger partial charge on any atom is 0.151 e. The molecule has 1 atom stereocenters. The molecule has 1 saturated heterocycles. The molecule has 1 aliphatic heterocycles. The summed E-state index contributed by atoms with van der Waals surface area (Å²) in [6.45, 7) is 5.87. The van der Waals surface area contributed by atoms with Gasteiger partial charge < -0.3 is 25.4 Å². The Hall–Kier alpha value is -1.53. The fourth-order valence-electron chi connectivity index (χ4n) is 2.07. The molecule has 1 aliphatic rings. The van der Waals surface area contributed by atoms with Crippen molar-refractivity contribution in [1.29, 1.82) is 0 Å². The van der Waals surface area contributed by atoms with Gasteiger partial charge >= 0.3 is 0 Å². The third-order valence-electron chi connectivity index (χ3n) is 3.05. The summed E-state index contributed by atoms with van der Waals surface area (Å²) < 4.78 is 10.4. The van der Waals surface area contributed by atoms with E-state index in [2.05, 4.69) is 15.2 Å². The molecule has 2 rings (SSSR count). The molecule has 0 amide bonds. The normalized spacial score (nSPS) is 17.3. The number of nitrogens with one attached hydrogen (secondary N) is 1. The van der Waals surface area contributed by atoms with Gasteiger partial charge in [0, 0.05) is 26.2 Å². The van der Waals surface area contributed by atoms with Crippen molar-refractivity contribution in [2.45, 2.75) is 13.0 Å². The zero-order valence-corrected chi connectivity index (χ0v) is 11.6. The van der Waals surface area contributed by atoms with E-state index < -0.39 is 0 Å². The molecule has 2 heterocycles. The predicted molar refractivity (Wildman–Crippen MR) is 76.6 cm³/mol. The van der Waals surface area contributed by atoms with Crippen molar-refractivity contribution < 1.29 is 9.47 Å². The number of aromatic nitrogens is 1. The lowest BCUT2D eigenvalue weighted by molar-refractivity contribution is 0.122. The third kappa shape index (κ3) is 3.71. The summed E-state index contributed by atoms with van der Waals surface area (Å²) in [5.41, 5.74) is 6.61. The second kappa shape index (κ2) is 6.58. The Balaban J connectivity index is 2.09. The van der Waals surface area contributed by atoms with E-state index in [1.165, 1.54) is 0 Å². The lowest BCUT2D eigenvalue weighted by Gasteiger charge is -2.28. The lowest BCUT2D eigenvalue weighted by Crippen LogP contribution is -2.37. The molecule has 6 heteroatoms. The molecule has 0 spiro atoms. The number of pyridine rings is 1. The number of hydrogen-bond donors (Lipinski definition) is 2. The lowest BCUT2D eigenvalue weighted by atomic mass is 10.3. The summed E-state index contributed by atoms with van der Waals surface area (Å²) in [4.78, 5) is 6.80. The van der Waals surface area contributed by atoms with Gasteiger partial charge in [-0.25, -0.2) is 4.98 Å². The molecule has 6 nitrogen and oxygen atoms in total. The van der Waals surface area contributed by atoms with Crippen molar-refractivity contribution >= 4 is 17.3 Å². The van der Waals surface area contributed by atoms with Gasteiger partial charge in [0.15, 0.2) is 5.82 Å². The molecular formula is C13H22N4O2. The standard InChI is InChI=1S/C13H22N4O2/c1-10(9-18-2)15-13-11(14)3-4-12(16-13)17-5-7-19-8-6-17/h3-4,10H,5-9,14H2,1-2H3,(H,15,16). The average molecular weight is 266 g/mol. The second-order valence-electron chi connectivity index (χ2n) is 4.71. The summed E-state index contributed by atoms with van der Waals surface area (Å²) in [6, 6.07) is 4.01. The molecule has 1 aromatic rings. The minimum Gasteiger partial charge on any atom is -0.396 e. The molecule has 1 aromatic heterocycles. The van der Waals surface area contributed by atoms with Crippen molar-refractivity contribution in [3.05, 3.63) is 12.1 Å². The first-order valence-corrected chi connectivity index (χ1v) is 6.55. The van der Waals surface area contributed by atoms with Crippen LogP contribution in [-0.4, -0.2) is 51.0 Å². The highest BCUT2D eigenvalue weighted by molar-refractivity contribution is 5.65. The molecule has 106 valence electrons. The molecule has 1 fully saturated rings. The average Bonchev–Trinajstić information content (AvgIpc) is 2.42. The number of methoxy groups -OCH3 is 1. The molecule has 3 N–H and O–H groups in total. The Kier molecular flexibility index (Phi) is 4.81. The van der Waals surface area contributed by atoms with Crippen molar-refractivity contribution in [2.75, 3.05) is 56.0 Å². The van der Waals surface area contributed by atoms with Crippen LogP contribution in [0.2, 0.25) is 0 Å². The fourth-order valence-corrected chi connectivity index (χ4v) is 2.07. The summed E-state index contributed by atoms with van der Waals surface area (Å²) in [7, 11) is 1.68. The largest absolute Gasteiger partial charge is 0.396 e. The van der Waals surface area contributed by atoms with Gasteiger partial charge in [0.25, 0.3) is 0 Å². The predicted octanol–water partition coefficient (Wildman–Crippen LogP) is 0.947. The highest BCUT2D eigenvalue weighted by Crippen LogP contribution is 2.22. The van der Waals surface area contributed by atoms with Gasteiger partial charge in [-0.05, 0) is 19.1 Å². The quantitative estimate of drug-likeness (QED) is 0.826. The van der Waals surface area contributed by atoms with E-state index in [4.69, 9.17) is 15.2 Å². The zero-order chi connectivity index (χ0) is 13.7. The van der Waals surface area contributed by atoms with Gasteiger partial charge in [-0.15, -0.1) is 0 Å². The van der Waals surface area contributed by atoms with Crippen LogP contribution in [0.4, 0.5) is 17.3 Å². The van der Waals surface area contributed by atoms with Crippen molar-refractivity contribution in [3.8, 4) is 0 Å². The van der Waals surface area contributed by atoms with Gasteiger partial charge in [-0.3, -0.25) is 0 Å².